The molecule has 0 aromatic rings. The van der Waals surface area contributed by atoms with E-state index in [1.54, 1.807) is 0 Å². The zero-order chi connectivity index (χ0) is 11.9. The Morgan fingerprint density at radius 2 is 1.93 bits per heavy atom. The largest absolute Gasteiger partial charge is 0.396 e. The first-order valence-electron chi connectivity index (χ1n) is 5.09. The maximum atomic E-state index is 10.7. The molecule has 5 nitrogen and oxygen atoms in total. The summed E-state index contributed by atoms with van der Waals surface area (Å²) < 4.78 is 23.8. The molecule has 3 N–H and O–H groups in total. The molecular formula is C9H22N2O3S. The fourth-order valence-electron chi connectivity index (χ4n) is 1.01. The molecule has 0 saturated heterocycles. The number of sulfonamides is 1. The normalized spacial score (nSPS) is 16.3. The first-order chi connectivity index (χ1) is 6.83. The molecular weight excluding hydrogens is 216 g/mol. The highest BCUT2D eigenvalue weighted by Gasteiger charge is 2.19. The Bertz CT molecular complexity index is 261. The van der Waals surface area contributed by atoms with Gasteiger partial charge in [-0.2, -0.15) is 0 Å². The fraction of sp³-hybridized carbons (Fsp3) is 1.00. The summed E-state index contributed by atoms with van der Waals surface area (Å²) >= 11 is 0. The molecule has 0 heterocycles. The van der Waals surface area contributed by atoms with Crippen molar-refractivity contribution in [3.8, 4) is 0 Å². The molecule has 0 fully saturated rings. The Hall–Kier alpha value is -0.170. The predicted octanol–water partition coefficient (Wildman–Crippen LogP) is -0.466. The van der Waals surface area contributed by atoms with Gasteiger partial charge in [0.25, 0.3) is 0 Å². The highest BCUT2D eigenvalue weighted by molar-refractivity contribution is 7.88. The molecule has 0 aliphatic carbocycles. The van der Waals surface area contributed by atoms with Crippen LogP contribution in [0.3, 0.4) is 0 Å². The fourth-order valence-corrected chi connectivity index (χ4v) is 1.48. The van der Waals surface area contributed by atoms with Crippen LogP contribution in [0.15, 0.2) is 0 Å². The molecule has 0 aromatic heterocycles. The molecule has 92 valence electrons. The maximum absolute atomic E-state index is 10.7. The molecule has 0 rings (SSSR count). The number of rotatable bonds is 8. The average molecular weight is 238 g/mol. The Kier molecular flexibility index (Phi) is 6.35. The summed E-state index contributed by atoms with van der Waals surface area (Å²) in [7, 11) is -3.09. The van der Waals surface area contributed by atoms with E-state index in [4.69, 9.17) is 5.11 Å². The minimum absolute atomic E-state index is 0.120. The van der Waals surface area contributed by atoms with E-state index >= 15 is 0 Å². The van der Waals surface area contributed by atoms with Crippen LogP contribution >= 0.6 is 0 Å². The Morgan fingerprint density at radius 3 is 2.33 bits per heavy atom. The highest BCUT2D eigenvalue weighted by atomic mass is 32.2. The van der Waals surface area contributed by atoms with Crippen molar-refractivity contribution in [1.82, 2.24) is 10.0 Å². The van der Waals surface area contributed by atoms with Crippen LogP contribution in [0, 0.1) is 5.41 Å². The third-order valence-electron chi connectivity index (χ3n) is 2.45. The number of aliphatic hydroxyl groups is 1. The predicted molar refractivity (Wildman–Crippen MR) is 61.2 cm³/mol. The Balaban J connectivity index is 3.63. The van der Waals surface area contributed by atoms with Crippen LogP contribution in [0.5, 0.6) is 0 Å². The van der Waals surface area contributed by atoms with E-state index in [2.05, 4.69) is 10.0 Å². The SMILES string of the molecule is CCC(C)(CO)CNCCNS(C)(=O)=O. The van der Waals surface area contributed by atoms with Crippen LogP contribution in [0.1, 0.15) is 20.3 Å². The lowest BCUT2D eigenvalue weighted by molar-refractivity contribution is 0.136. The van der Waals surface area contributed by atoms with Crippen LogP contribution in [0.25, 0.3) is 0 Å². The Morgan fingerprint density at radius 1 is 1.33 bits per heavy atom. The first-order valence-corrected chi connectivity index (χ1v) is 6.98. The van der Waals surface area contributed by atoms with Gasteiger partial charge < -0.3 is 10.4 Å². The number of nitrogens with one attached hydrogen (secondary N) is 2. The van der Waals surface area contributed by atoms with Crippen LogP contribution in [0.4, 0.5) is 0 Å². The lowest BCUT2D eigenvalue weighted by Crippen LogP contribution is -2.38. The lowest BCUT2D eigenvalue weighted by Gasteiger charge is -2.25. The van der Waals surface area contributed by atoms with Gasteiger partial charge in [0.15, 0.2) is 0 Å². The monoisotopic (exact) mass is 238 g/mol. The van der Waals surface area contributed by atoms with E-state index in [1.165, 1.54) is 0 Å². The van der Waals surface area contributed by atoms with E-state index in [9.17, 15) is 8.42 Å². The first kappa shape index (κ1) is 14.8. The molecule has 15 heavy (non-hydrogen) atoms. The average Bonchev–Trinajstić information content (AvgIpc) is 2.15. The number of aliphatic hydroxyl groups excluding tert-OH is 1. The van der Waals surface area contributed by atoms with E-state index in [1.807, 2.05) is 13.8 Å². The molecule has 0 aliphatic heterocycles. The van der Waals surface area contributed by atoms with Gasteiger partial charge in [0.1, 0.15) is 0 Å². The summed E-state index contributed by atoms with van der Waals surface area (Å²) in [4.78, 5) is 0. The quantitative estimate of drug-likeness (QED) is 0.500. The maximum Gasteiger partial charge on any atom is 0.208 e. The second-order valence-electron chi connectivity index (χ2n) is 4.17. The van der Waals surface area contributed by atoms with E-state index in [0.717, 1.165) is 12.7 Å². The third kappa shape index (κ3) is 7.72. The lowest BCUT2D eigenvalue weighted by atomic mass is 9.89. The van der Waals surface area contributed by atoms with Gasteiger partial charge in [-0.25, -0.2) is 13.1 Å². The molecule has 1 atom stereocenters. The molecule has 0 aromatic carbocycles. The zero-order valence-corrected chi connectivity index (χ0v) is 10.5. The summed E-state index contributed by atoms with van der Waals surface area (Å²) in [6, 6.07) is 0. The molecule has 0 spiro atoms. The van der Waals surface area contributed by atoms with Crippen molar-refractivity contribution in [3.05, 3.63) is 0 Å². The minimum Gasteiger partial charge on any atom is -0.396 e. The van der Waals surface area contributed by atoms with Crippen molar-refractivity contribution in [3.63, 3.8) is 0 Å². The summed E-state index contributed by atoms with van der Waals surface area (Å²) in [6.07, 6.45) is 2.02. The van der Waals surface area contributed by atoms with E-state index in [-0.39, 0.29) is 12.0 Å². The van der Waals surface area contributed by atoms with Gasteiger partial charge in [-0.3, -0.25) is 0 Å². The summed E-state index contributed by atoms with van der Waals surface area (Å²) in [5, 5.41) is 12.2. The highest BCUT2D eigenvalue weighted by Crippen LogP contribution is 2.17. The van der Waals surface area contributed by atoms with Gasteiger partial charge in [-0.15, -0.1) is 0 Å². The van der Waals surface area contributed by atoms with Crippen LogP contribution < -0.4 is 10.0 Å². The Labute approximate surface area is 92.3 Å². The smallest absolute Gasteiger partial charge is 0.208 e. The van der Waals surface area contributed by atoms with Crippen LogP contribution in [-0.4, -0.2) is 46.0 Å². The third-order valence-corrected chi connectivity index (χ3v) is 3.18. The van der Waals surface area contributed by atoms with Crippen molar-refractivity contribution >= 4 is 10.0 Å². The van der Waals surface area contributed by atoms with Crippen LogP contribution in [-0.2, 0) is 10.0 Å². The van der Waals surface area contributed by atoms with Crippen molar-refractivity contribution < 1.29 is 13.5 Å². The van der Waals surface area contributed by atoms with Crippen molar-refractivity contribution in [1.29, 1.82) is 0 Å². The zero-order valence-electron chi connectivity index (χ0n) is 9.71. The topological polar surface area (TPSA) is 78.4 Å². The van der Waals surface area contributed by atoms with Crippen LogP contribution in [0.2, 0.25) is 0 Å². The van der Waals surface area contributed by atoms with Gasteiger partial charge >= 0.3 is 0 Å². The van der Waals surface area contributed by atoms with Gasteiger partial charge in [-0.1, -0.05) is 13.8 Å². The molecule has 0 amide bonds. The van der Waals surface area contributed by atoms with E-state index < -0.39 is 10.0 Å². The van der Waals surface area contributed by atoms with E-state index in [0.29, 0.717) is 19.6 Å². The van der Waals surface area contributed by atoms with Gasteiger partial charge in [-0.05, 0) is 6.42 Å². The molecule has 6 heteroatoms. The number of hydrogen-bond acceptors (Lipinski definition) is 4. The summed E-state index contributed by atoms with van der Waals surface area (Å²) in [5.74, 6) is 0. The summed E-state index contributed by atoms with van der Waals surface area (Å²) in [5.41, 5.74) is -0.120. The van der Waals surface area contributed by atoms with Gasteiger partial charge in [0, 0.05) is 31.7 Å². The number of hydrogen-bond donors (Lipinski definition) is 3. The minimum atomic E-state index is -3.09. The van der Waals surface area contributed by atoms with Gasteiger partial charge in [0.05, 0.1) is 6.26 Å². The molecule has 0 aliphatic rings. The molecule has 0 radical (unpaired) electrons. The standard InChI is InChI=1S/C9H22N2O3S/c1-4-9(2,8-12)7-10-5-6-11-15(3,13)14/h10-12H,4-8H2,1-3H3. The van der Waals surface area contributed by atoms with Crippen molar-refractivity contribution in [2.45, 2.75) is 20.3 Å². The second-order valence-corrected chi connectivity index (χ2v) is 6.00. The van der Waals surface area contributed by atoms with Crippen molar-refractivity contribution in [2.24, 2.45) is 5.41 Å². The molecule has 0 saturated carbocycles. The molecule has 0 bridgehead atoms. The summed E-state index contributed by atoms with van der Waals surface area (Å²) in [6.45, 7) is 5.78. The van der Waals surface area contributed by atoms with Gasteiger partial charge in [0.2, 0.25) is 10.0 Å². The van der Waals surface area contributed by atoms with Crippen molar-refractivity contribution in [2.75, 3.05) is 32.5 Å². The second kappa shape index (κ2) is 6.42. The molecule has 1 unspecified atom stereocenters.